The lowest BCUT2D eigenvalue weighted by Crippen LogP contribution is -2.03. The van der Waals surface area contributed by atoms with Crippen molar-refractivity contribution < 1.29 is 9.34 Å². The Morgan fingerprint density at radius 1 is 1.04 bits per heavy atom. The van der Waals surface area contributed by atoms with Crippen LogP contribution in [0.4, 0.5) is 5.69 Å². The number of para-hydroxylation sites is 1. The van der Waals surface area contributed by atoms with E-state index in [0.29, 0.717) is 22.4 Å². The number of aromatic nitrogens is 1. The summed E-state index contributed by atoms with van der Waals surface area (Å²) in [6.45, 7) is 0. The van der Waals surface area contributed by atoms with Crippen molar-refractivity contribution in [2.24, 2.45) is 0 Å². The summed E-state index contributed by atoms with van der Waals surface area (Å²) in [4.78, 5) is 22.7. The number of hydrogen-bond donors (Lipinski definition) is 0. The average molecular weight is 306 g/mol. The molecule has 0 fully saturated rings. The predicted octanol–water partition coefficient (Wildman–Crippen LogP) is 3.65. The lowest BCUT2D eigenvalue weighted by molar-refractivity contribution is -0.384. The van der Waals surface area contributed by atoms with Gasteiger partial charge in [-0.1, -0.05) is 12.1 Å². The molecule has 2 aromatic carbocycles. The van der Waals surface area contributed by atoms with E-state index in [-0.39, 0.29) is 11.1 Å². The zero-order valence-electron chi connectivity index (χ0n) is 11.8. The molecule has 0 aliphatic carbocycles. The predicted molar refractivity (Wildman–Crippen MR) is 86.0 cm³/mol. The maximum absolute atomic E-state index is 12.2. The second kappa shape index (κ2) is 4.81. The number of fused-ring (bicyclic) bond motifs is 2. The lowest BCUT2D eigenvalue weighted by atomic mass is 10.2. The first-order valence-corrected chi connectivity index (χ1v) is 6.92. The van der Waals surface area contributed by atoms with E-state index >= 15 is 0 Å². The second-order valence-electron chi connectivity index (χ2n) is 5.13. The van der Waals surface area contributed by atoms with E-state index in [1.165, 1.54) is 18.2 Å². The maximum atomic E-state index is 12.2. The van der Waals surface area contributed by atoms with Crippen LogP contribution in [0.15, 0.2) is 70.0 Å². The van der Waals surface area contributed by atoms with Crippen molar-refractivity contribution in [1.29, 1.82) is 0 Å². The number of nitrogens with zero attached hydrogens (tertiary/aromatic N) is 2. The SMILES string of the molecule is O=c1cc(-n2ccc3ccc([N+](=O)[O-])cc32)oc2ccccc12. The Hall–Kier alpha value is -3.41. The molecule has 0 radical (unpaired) electrons. The molecule has 4 aromatic rings. The molecule has 0 spiro atoms. The van der Waals surface area contributed by atoms with Crippen molar-refractivity contribution in [3.63, 3.8) is 0 Å². The van der Waals surface area contributed by atoms with Crippen molar-refractivity contribution in [3.05, 3.63) is 81.1 Å². The van der Waals surface area contributed by atoms with Crippen LogP contribution in [0, 0.1) is 10.1 Å². The average Bonchev–Trinajstić information content (AvgIpc) is 2.98. The molecular weight excluding hydrogens is 296 g/mol. The van der Waals surface area contributed by atoms with E-state index in [1.807, 2.05) is 6.07 Å². The van der Waals surface area contributed by atoms with Gasteiger partial charge in [0.15, 0.2) is 5.43 Å². The van der Waals surface area contributed by atoms with Gasteiger partial charge in [-0.15, -0.1) is 0 Å². The van der Waals surface area contributed by atoms with E-state index in [0.717, 1.165) is 5.39 Å². The van der Waals surface area contributed by atoms with Gasteiger partial charge in [-0.3, -0.25) is 19.5 Å². The van der Waals surface area contributed by atoms with Gasteiger partial charge >= 0.3 is 0 Å². The summed E-state index contributed by atoms with van der Waals surface area (Å²) in [5.41, 5.74) is 0.912. The summed E-state index contributed by atoms with van der Waals surface area (Å²) in [5, 5.41) is 12.3. The van der Waals surface area contributed by atoms with Gasteiger partial charge in [0.2, 0.25) is 5.88 Å². The molecular formula is C17H10N2O4. The number of rotatable bonds is 2. The minimum atomic E-state index is -0.451. The summed E-state index contributed by atoms with van der Waals surface area (Å²) >= 11 is 0. The Labute approximate surface area is 129 Å². The van der Waals surface area contributed by atoms with Gasteiger partial charge in [0.1, 0.15) is 5.58 Å². The number of non-ortho nitro benzene ring substituents is 1. The van der Waals surface area contributed by atoms with Crippen LogP contribution in [0.2, 0.25) is 0 Å². The van der Waals surface area contributed by atoms with Crippen LogP contribution >= 0.6 is 0 Å². The molecule has 23 heavy (non-hydrogen) atoms. The quantitative estimate of drug-likeness (QED) is 0.418. The monoisotopic (exact) mass is 306 g/mol. The van der Waals surface area contributed by atoms with E-state index in [2.05, 4.69) is 0 Å². The molecule has 112 valence electrons. The van der Waals surface area contributed by atoms with E-state index in [9.17, 15) is 14.9 Å². The van der Waals surface area contributed by atoms with Gasteiger partial charge in [-0.2, -0.15) is 0 Å². The summed E-state index contributed by atoms with van der Waals surface area (Å²) in [6, 6.07) is 14.8. The van der Waals surface area contributed by atoms with Crippen LogP contribution in [0.1, 0.15) is 0 Å². The Kier molecular flexibility index (Phi) is 2.77. The van der Waals surface area contributed by atoms with E-state index in [1.54, 1.807) is 41.1 Å². The molecule has 2 aromatic heterocycles. The Bertz CT molecular complexity index is 1120. The minimum absolute atomic E-state index is 0.0133. The first-order valence-electron chi connectivity index (χ1n) is 6.92. The van der Waals surface area contributed by atoms with Gasteiger partial charge in [-0.05, 0) is 24.3 Å². The standard InChI is InChI=1S/C17H10N2O4/c20-15-10-17(23-16-4-2-1-3-13(15)16)18-8-7-11-5-6-12(19(21)22)9-14(11)18/h1-10H. The zero-order valence-corrected chi connectivity index (χ0v) is 11.8. The first kappa shape index (κ1) is 13.3. The fourth-order valence-electron chi connectivity index (χ4n) is 2.63. The van der Waals surface area contributed by atoms with Crippen molar-refractivity contribution in [1.82, 2.24) is 4.57 Å². The third kappa shape index (κ3) is 2.08. The summed E-state index contributed by atoms with van der Waals surface area (Å²) in [7, 11) is 0. The van der Waals surface area contributed by atoms with Crippen molar-refractivity contribution in [3.8, 4) is 5.88 Å². The largest absolute Gasteiger partial charge is 0.440 e. The van der Waals surface area contributed by atoms with Crippen molar-refractivity contribution >= 4 is 27.6 Å². The summed E-state index contributed by atoms with van der Waals surface area (Å²) in [5.74, 6) is 0.323. The molecule has 0 bridgehead atoms. The maximum Gasteiger partial charge on any atom is 0.271 e. The van der Waals surface area contributed by atoms with Gasteiger partial charge in [0.05, 0.1) is 15.8 Å². The third-order valence-electron chi connectivity index (χ3n) is 3.75. The molecule has 6 heteroatoms. The summed E-state index contributed by atoms with van der Waals surface area (Å²) in [6.07, 6.45) is 1.72. The highest BCUT2D eigenvalue weighted by atomic mass is 16.6. The van der Waals surface area contributed by atoms with Crippen LogP contribution in [0.25, 0.3) is 27.8 Å². The van der Waals surface area contributed by atoms with Crippen LogP contribution < -0.4 is 5.43 Å². The Balaban J connectivity index is 2.00. The van der Waals surface area contributed by atoms with Gasteiger partial charge in [0, 0.05) is 29.8 Å². The van der Waals surface area contributed by atoms with Gasteiger partial charge in [0.25, 0.3) is 5.69 Å². The lowest BCUT2D eigenvalue weighted by Gasteiger charge is -2.05. The number of hydrogen-bond acceptors (Lipinski definition) is 4. The molecule has 0 atom stereocenters. The van der Waals surface area contributed by atoms with Gasteiger partial charge in [-0.25, -0.2) is 0 Å². The second-order valence-corrected chi connectivity index (χ2v) is 5.13. The molecule has 0 saturated heterocycles. The molecule has 6 nitrogen and oxygen atoms in total. The molecule has 0 aliphatic heterocycles. The molecule has 0 N–H and O–H groups in total. The number of benzene rings is 2. The molecule has 0 saturated carbocycles. The highest BCUT2D eigenvalue weighted by Crippen LogP contribution is 2.25. The fourth-order valence-corrected chi connectivity index (χ4v) is 2.63. The number of nitro groups is 1. The van der Waals surface area contributed by atoms with Crippen LogP contribution in [-0.4, -0.2) is 9.49 Å². The zero-order chi connectivity index (χ0) is 16.0. The van der Waals surface area contributed by atoms with E-state index < -0.39 is 4.92 Å². The molecule has 0 aliphatic rings. The first-order chi connectivity index (χ1) is 11.1. The third-order valence-corrected chi connectivity index (χ3v) is 3.75. The normalized spacial score (nSPS) is 11.1. The highest BCUT2D eigenvalue weighted by Gasteiger charge is 2.12. The van der Waals surface area contributed by atoms with E-state index in [4.69, 9.17) is 4.42 Å². The highest BCUT2D eigenvalue weighted by molar-refractivity contribution is 5.84. The van der Waals surface area contributed by atoms with Gasteiger partial charge < -0.3 is 4.42 Å². The van der Waals surface area contributed by atoms with Crippen molar-refractivity contribution in [2.45, 2.75) is 0 Å². The van der Waals surface area contributed by atoms with Crippen LogP contribution in [-0.2, 0) is 0 Å². The molecule has 0 amide bonds. The van der Waals surface area contributed by atoms with Crippen LogP contribution in [0.3, 0.4) is 0 Å². The molecule has 2 heterocycles. The number of nitro benzene ring substituents is 1. The van der Waals surface area contributed by atoms with Crippen LogP contribution in [0.5, 0.6) is 0 Å². The molecule has 0 unspecified atom stereocenters. The Morgan fingerprint density at radius 2 is 1.87 bits per heavy atom. The molecule has 4 rings (SSSR count). The summed E-state index contributed by atoms with van der Waals surface area (Å²) < 4.78 is 7.42. The Morgan fingerprint density at radius 3 is 2.70 bits per heavy atom. The minimum Gasteiger partial charge on any atom is -0.440 e. The topological polar surface area (TPSA) is 78.3 Å². The van der Waals surface area contributed by atoms with Crippen molar-refractivity contribution in [2.75, 3.05) is 0 Å². The smallest absolute Gasteiger partial charge is 0.271 e. The fraction of sp³-hybridized carbons (Fsp3) is 0.